The zero-order chi connectivity index (χ0) is 15.1. The third-order valence-electron chi connectivity index (χ3n) is 2.89. The van der Waals surface area contributed by atoms with Gasteiger partial charge in [0.25, 0.3) is 0 Å². The van der Waals surface area contributed by atoms with Crippen LogP contribution in [0.15, 0.2) is 29.0 Å². The first-order valence-electron chi connectivity index (χ1n) is 6.57. The number of ether oxygens (including phenoxy) is 1. The Morgan fingerprint density at radius 2 is 2.29 bits per heavy atom. The van der Waals surface area contributed by atoms with E-state index >= 15 is 0 Å². The highest BCUT2D eigenvalue weighted by atomic mass is 16.5. The summed E-state index contributed by atoms with van der Waals surface area (Å²) in [5.74, 6) is 0.306. The number of anilines is 1. The molecule has 7 heteroatoms. The summed E-state index contributed by atoms with van der Waals surface area (Å²) in [6.07, 6.45) is 1.27. The van der Waals surface area contributed by atoms with Crippen LogP contribution in [0.4, 0.5) is 5.69 Å². The molecule has 1 aromatic heterocycles. The van der Waals surface area contributed by atoms with Crippen LogP contribution in [0, 0.1) is 6.92 Å². The van der Waals surface area contributed by atoms with Gasteiger partial charge in [0.1, 0.15) is 0 Å². The second-order valence-corrected chi connectivity index (χ2v) is 4.49. The molecule has 0 saturated carbocycles. The van der Waals surface area contributed by atoms with E-state index in [0.717, 1.165) is 16.8 Å². The molecule has 0 fully saturated rings. The fourth-order valence-electron chi connectivity index (χ4n) is 1.76. The van der Waals surface area contributed by atoms with Gasteiger partial charge in [-0.25, -0.2) is 0 Å². The summed E-state index contributed by atoms with van der Waals surface area (Å²) in [5, 5.41) is 13.3. The molecule has 0 unspecified atom stereocenters. The Hall–Kier alpha value is -2.25. The second-order valence-electron chi connectivity index (χ2n) is 4.49. The number of aryl methyl sites for hydroxylation is 1. The molecule has 0 aliphatic heterocycles. The Morgan fingerprint density at radius 1 is 1.43 bits per heavy atom. The molecule has 21 heavy (non-hydrogen) atoms. The molecule has 0 atom stereocenters. The normalized spacial score (nSPS) is 10.6. The topological polar surface area (TPSA) is 89.3 Å². The molecule has 2 rings (SSSR count). The Morgan fingerprint density at radius 3 is 3.00 bits per heavy atom. The highest BCUT2D eigenvalue weighted by molar-refractivity contribution is 5.93. The van der Waals surface area contributed by atoms with Crippen LogP contribution in [0.5, 0.6) is 0 Å². The highest BCUT2D eigenvalue weighted by Gasteiger charge is 2.09. The van der Waals surface area contributed by atoms with E-state index in [1.807, 2.05) is 25.1 Å². The minimum absolute atomic E-state index is 0.114. The van der Waals surface area contributed by atoms with Gasteiger partial charge in [0.05, 0.1) is 13.2 Å². The van der Waals surface area contributed by atoms with Crippen molar-refractivity contribution in [2.75, 3.05) is 32.1 Å². The lowest BCUT2D eigenvalue weighted by molar-refractivity contribution is -0.115. The van der Waals surface area contributed by atoms with Crippen LogP contribution >= 0.6 is 0 Å². The number of hydrogen-bond acceptors (Lipinski definition) is 6. The van der Waals surface area contributed by atoms with E-state index < -0.39 is 0 Å². The SMILES string of the molecule is COCCNCC(=O)Nc1cc(-c2nnco2)ccc1C. The Bertz CT molecular complexity index is 584. The molecule has 0 spiro atoms. The third kappa shape index (κ3) is 4.37. The number of carbonyl (C=O) groups is 1. The molecule has 112 valence electrons. The number of hydrogen-bond donors (Lipinski definition) is 2. The molecule has 1 aromatic carbocycles. The molecule has 1 amide bonds. The standard InChI is InChI=1S/C14H18N4O3/c1-10-3-4-11(14-18-16-9-21-14)7-12(10)17-13(19)8-15-5-6-20-2/h3-4,7,9,15H,5-6,8H2,1-2H3,(H,17,19). The summed E-state index contributed by atoms with van der Waals surface area (Å²) >= 11 is 0. The van der Waals surface area contributed by atoms with E-state index in [4.69, 9.17) is 9.15 Å². The van der Waals surface area contributed by atoms with Crippen molar-refractivity contribution in [2.45, 2.75) is 6.92 Å². The molecule has 0 saturated heterocycles. The lowest BCUT2D eigenvalue weighted by Crippen LogP contribution is -2.30. The molecule has 2 aromatic rings. The van der Waals surface area contributed by atoms with Crippen molar-refractivity contribution in [1.82, 2.24) is 15.5 Å². The van der Waals surface area contributed by atoms with E-state index in [9.17, 15) is 4.79 Å². The van der Waals surface area contributed by atoms with Gasteiger partial charge in [-0.15, -0.1) is 10.2 Å². The zero-order valence-electron chi connectivity index (χ0n) is 12.0. The van der Waals surface area contributed by atoms with Crippen molar-refractivity contribution < 1.29 is 13.9 Å². The fourth-order valence-corrected chi connectivity index (χ4v) is 1.76. The molecule has 0 aliphatic carbocycles. The van der Waals surface area contributed by atoms with Crippen LogP contribution < -0.4 is 10.6 Å². The van der Waals surface area contributed by atoms with Gasteiger partial charge in [0, 0.05) is 24.9 Å². The predicted molar refractivity (Wildman–Crippen MR) is 77.8 cm³/mol. The first kappa shape index (κ1) is 15.1. The molecule has 7 nitrogen and oxygen atoms in total. The van der Waals surface area contributed by atoms with E-state index in [-0.39, 0.29) is 12.5 Å². The number of methoxy groups -OCH3 is 1. The first-order valence-corrected chi connectivity index (χ1v) is 6.57. The summed E-state index contributed by atoms with van der Waals surface area (Å²) in [6.45, 7) is 3.35. The Labute approximate surface area is 122 Å². The average molecular weight is 290 g/mol. The maximum absolute atomic E-state index is 11.9. The number of carbonyl (C=O) groups excluding carboxylic acids is 1. The van der Waals surface area contributed by atoms with Crippen LogP contribution in [0.2, 0.25) is 0 Å². The van der Waals surface area contributed by atoms with Crippen molar-refractivity contribution in [3.63, 3.8) is 0 Å². The average Bonchev–Trinajstić information content (AvgIpc) is 3.00. The van der Waals surface area contributed by atoms with Gasteiger partial charge in [-0.05, 0) is 24.6 Å². The van der Waals surface area contributed by atoms with Gasteiger partial charge in [-0.1, -0.05) is 6.07 Å². The fraction of sp³-hybridized carbons (Fsp3) is 0.357. The van der Waals surface area contributed by atoms with Gasteiger partial charge < -0.3 is 19.8 Å². The third-order valence-corrected chi connectivity index (χ3v) is 2.89. The summed E-state index contributed by atoms with van der Waals surface area (Å²) in [7, 11) is 1.62. The number of benzene rings is 1. The molecule has 2 N–H and O–H groups in total. The largest absolute Gasteiger partial charge is 0.423 e. The number of rotatable bonds is 7. The summed E-state index contributed by atoms with van der Waals surface area (Å²) < 4.78 is 10.1. The van der Waals surface area contributed by atoms with Crippen LogP contribution in [-0.2, 0) is 9.53 Å². The van der Waals surface area contributed by atoms with Crippen LogP contribution in [0.1, 0.15) is 5.56 Å². The van der Waals surface area contributed by atoms with E-state index in [1.54, 1.807) is 7.11 Å². The van der Waals surface area contributed by atoms with Gasteiger partial charge >= 0.3 is 0 Å². The first-order chi connectivity index (χ1) is 10.2. The van der Waals surface area contributed by atoms with E-state index in [1.165, 1.54) is 6.39 Å². The predicted octanol–water partition coefficient (Wildman–Crippen LogP) is 1.22. The lowest BCUT2D eigenvalue weighted by Gasteiger charge is -2.10. The summed E-state index contributed by atoms with van der Waals surface area (Å²) in [5.41, 5.74) is 2.45. The molecule has 0 bridgehead atoms. The van der Waals surface area contributed by atoms with Crippen LogP contribution in [0.3, 0.4) is 0 Å². The van der Waals surface area contributed by atoms with Crippen molar-refractivity contribution in [3.8, 4) is 11.5 Å². The van der Waals surface area contributed by atoms with Crippen molar-refractivity contribution in [1.29, 1.82) is 0 Å². The Kier molecular flexibility index (Phi) is 5.42. The van der Waals surface area contributed by atoms with Gasteiger partial charge in [-0.3, -0.25) is 4.79 Å². The minimum atomic E-state index is -0.114. The maximum Gasteiger partial charge on any atom is 0.247 e. The second kappa shape index (κ2) is 7.51. The summed E-state index contributed by atoms with van der Waals surface area (Å²) in [4.78, 5) is 11.9. The number of nitrogens with one attached hydrogen (secondary N) is 2. The number of nitrogens with zero attached hydrogens (tertiary/aromatic N) is 2. The molecule has 0 aliphatic rings. The monoisotopic (exact) mass is 290 g/mol. The summed E-state index contributed by atoms with van der Waals surface area (Å²) in [6, 6.07) is 5.58. The lowest BCUT2D eigenvalue weighted by atomic mass is 10.1. The van der Waals surface area contributed by atoms with Crippen molar-refractivity contribution in [2.24, 2.45) is 0 Å². The highest BCUT2D eigenvalue weighted by Crippen LogP contribution is 2.23. The van der Waals surface area contributed by atoms with Gasteiger partial charge in [-0.2, -0.15) is 0 Å². The smallest absolute Gasteiger partial charge is 0.247 e. The zero-order valence-corrected chi connectivity index (χ0v) is 12.0. The molecule has 1 heterocycles. The van der Waals surface area contributed by atoms with Crippen LogP contribution in [-0.4, -0.2) is 42.9 Å². The van der Waals surface area contributed by atoms with Crippen molar-refractivity contribution >= 4 is 11.6 Å². The van der Waals surface area contributed by atoms with E-state index in [0.29, 0.717) is 19.0 Å². The quantitative estimate of drug-likeness (QED) is 0.745. The Balaban J connectivity index is 1.99. The number of amides is 1. The maximum atomic E-state index is 11.9. The minimum Gasteiger partial charge on any atom is -0.423 e. The molecular formula is C14H18N4O3. The molecule has 0 radical (unpaired) electrons. The van der Waals surface area contributed by atoms with Crippen molar-refractivity contribution in [3.05, 3.63) is 30.2 Å². The van der Waals surface area contributed by atoms with Gasteiger partial charge in [0.15, 0.2) is 0 Å². The van der Waals surface area contributed by atoms with Crippen LogP contribution in [0.25, 0.3) is 11.5 Å². The van der Waals surface area contributed by atoms with E-state index in [2.05, 4.69) is 20.8 Å². The molecular weight excluding hydrogens is 272 g/mol. The van der Waals surface area contributed by atoms with Gasteiger partial charge in [0.2, 0.25) is 18.2 Å². The number of aromatic nitrogens is 2.